The lowest BCUT2D eigenvalue weighted by Crippen LogP contribution is -1.91. The summed E-state index contributed by atoms with van der Waals surface area (Å²) in [6, 6.07) is 51.8. The van der Waals surface area contributed by atoms with Crippen molar-refractivity contribution in [2.24, 2.45) is 0 Å². The van der Waals surface area contributed by atoms with Crippen molar-refractivity contribution in [3.8, 4) is 33.4 Å². The summed E-state index contributed by atoms with van der Waals surface area (Å²) in [5.41, 5.74) is 9.07. The van der Waals surface area contributed by atoms with Crippen molar-refractivity contribution in [3.63, 3.8) is 0 Å². The number of para-hydroxylation sites is 1. The van der Waals surface area contributed by atoms with Gasteiger partial charge in [-0.3, -0.25) is 0 Å². The van der Waals surface area contributed by atoms with Crippen LogP contribution in [-0.2, 0) is 0 Å². The molecule has 8 aromatic rings. The lowest BCUT2D eigenvalue weighted by molar-refractivity contribution is 0.670. The summed E-state index contributed by atoms with van der Waals surface area (Å²) >= 11 is 0. The molecule has 0 bridgehead atoms. The highest BCUT2D eigenvalue weighted by Crippen LogP contribution is 2.47. The van der Waals surface area contributed by atoms with Gasteiger partial charge in [0.25, 0.3) is 0 Å². The molecule has 1 heterocycles. The predicted octanol–water partition coefficient (Wildman–Crippen LogP) is 10.9. The maximum atomic E-state index is 6.62. The lowest BCUT2D eigenvalue weighted by atomic mass is 9.85. The summed E-state index contributed by atoms with van der Waals surface area (Å²) in [4.78, 5) is 0. The van der Waals surface area contributed by atoms with Crippen molar-refractivity contribution in [1.29, 1.82) is 0 Å². The molecule has 0 fully saturated rings. The number of fused-ring (bicyclic) bond motifs is 5. The van der Waals surface area contributed by atoms with Crippen LogP contribution in [0.5, 0.6) is 0 Å². The van der Waals surface area contributed by atoms with Gasteiger partial charge in [-0.15, -0.1) is 0 Å². The molecule has 0 aliphatic heterocycles. The molecular formula is C38H24O. The summed E-state index contributed by atoms with van der Waals surface area (Å²) in [5.74, 6) is 0. The Hall–Kier alpha value is -5.14. The van der Waals surface area contributed by atoms with E-state index in [1.165, 1.54) is 43.8 Å². The minimum atomic E-state index is 0.908. The van der Waals surface area contributed by atoms with Crippen LogP contribution in [0.4, 0.5) is 0 Å². The number of hydrogen-bond acceptors (Lipinski definition) is 1. The first kappa shape index (κ1) is 21.9. The maximum Gasteiger partial charge on any atom is 0.143 e. The Morgan fingerprint density at radius 2 is 0.821 bits per heavy atom. The molecule has 0 amide bonds. The number of benzene rings is 7. The molecule has 0 radical (unpaired) electrons. The monoisotopic (exact) mass is 496 g/mol. The second-order valence-corrected chi connectivity index (χ2v) is 10.0. The minimum absolute atomic E-state index is 0.908. The molecule has 182 valence electrons. The van der Waals surface area contributed by atoms with Crippen molar-refractivity contribution in [2.75, 3.05) is 0 Å². The Kier molecular flexibility index (Phi) is 4.89. The Morgan fingerprint density at radius 1 is 0.333 bits per heavy atom. The van der Waals surface area contributed by atoms with Crippen LogP contribution in [-0.4, -0.2) is 0 Å². The van der Waals surface area contributed by atoms with E-state index in [1.807, 2.05) is 0 Å². The summed E-state index contributed by atoms with van der Waals surface area (Å²) in [5, 5.41) is 7.31. The van der Waals surface area contributed by atoms with Gasteiger partial charge in [-0.25, -0.2) is 0 Å². The van der Waals surface area contributed by atoms with Gasteiger partial charge in [0.2, 0.25) is 0 Å². The first-order valence-corrected chi connectivity index (χ1v) is 13.4. The SMILES string of the molecule is c1ccc(-c2c3ccccc3c(-c3cccc4oc5c(-c6ccccc6)cccc5c34)c3ccccc23)cc1. The van der Waals surface area contributed by atoms with Crippen molar-refractivity contribution in [2.45, 2.75) is 0 Å². The third-order valence-electron chi connectivity index (χ3n) is 7.87. The van der Waals surface area contributed by atoms with Crippen molar-refractivity contribution in [1.82, 2.24) is 0 Å². The molecule has 8 rings (SSSR count). The van der Waals surface area contributed by atoms with Gasteiger partial charge in [0, 0.05) is 16.3 Å². The Morgan fingerprint density at radius 3 is 1.46 bits per heavy atom. The number of furan rings is 1. The highest BCUT2D eigenvalue weighted by Gasteiger charge is 2.20. The first-order valence-electron chi connectivity index (χ1n) is 13.4. The molecule has 0 saturated carbocycles. The fourth-order valence-corrected chi connectivity index (χ4v) is 6.24. The van der Waals surface area contributed by atoms with E-state index >= 15 is 0 Å². The van der Waals surface area contributed by atoms with Crippen LogP contribution in [0, 0.1) is 0 Å². The molecule has 0 aliphatic carbocycles. The molecule has 1 aromatic heterocycles. The standard InChI is InChI=1S/C38H24O/c1-3-13-25(14-4-1)27-21-11-23-33-37-32(22-12-24-34(37)39-38(27)33)36-30-19-9-7-17-28(30)35(26-15-5-2-6-16-26)29-18-8-10-20-31(29)36/h1-24H. The molecule has 1 nitrogen and oxygen atoms in total. The van der Waals surface area contributed by atoms with Gasteiger partial charge < -0.3 is 4.42 Å². The second kappa shape index (κ2) is 8.72. The zero-order valence-electron chi connectivity index (χ0n) is 21.3. The Balaban J connectivity index is 1.52. The Labute approximate surface area is 226 Å². The average Bonchev–Trinajstić information content (AvgIpc) is 3.40. The van der Waals surface area contributed by atoms with Crippen molar-refractivity contribution in [3.05, 3.63) is 146 Å². The second-order valence-electron chi connectivity index (χ2n) is 10.0. The van der Waals surface area contributed by atoms with E-state index in [0.29, 0.717) is 0 Å². The van der Waals surface area contributed by atoms with E-state index in [-0.39, 0.29) is 0 Å². The maximum absolute atomic E-state index is 6.62. The van der Waals surface area contributed by atoms with Crippen LogP contribution >= 0.6 is 0 Å². The van der Waals surface area contributed by atoms with E-state index in [4.69, 9.17) is 4.42 Å². The molecule has 0 unspecified atom stereocenters. The third kappa shape index (κ3) is 3.34. The highest BCUT2D eigenvalue weighted by atomic mass is 16.3. The topological polar surface area (TPSA) is 13.1 Å². The molecule has 39 heavy (non-hydrogen) atoms. The van der Waals surface area contributed by atoms with Crippen LogP contribution in [0.15, 0.2) is 150 Å². The van der Waals surface area contributed by atoms with Crippen molar-refractivity contribution < 1.29 is 4.42 Å². The van der Waals surface area contributed by atoms with Crippen molar-refractivity contribution >= 4 is 43.5 Å². The molecule has 0 spiro atoms. The quantitative estimate of drug-likeness (QED) is 0.222. The highest BCUT2D eigenvalue weighted by molar-refractivity contribution is 6.26. The van der Waals surface area contributed by atoms with Gasteiger partial charge in [0.1, 0.15) is 11.2 Å². The lowest BCUT2D eigenvalue weighted by Gasteiger charge is -2.18. The summed E-state index contributed by atoms with van der Waals surface area (Å²) < 4.78 is 6.62. The average molecular weight is 497 g/mol. The normalized spacial score (nSPS) is 11.6. The fourth-order valence-electron chi connectivity index (χ4n) is 6.24. The van der Waals surface area contributed by atoms with Crippen LogP contribution in [0.2, 0.25) is 0 Å². The van der Waals surface area contributed by atoms with Gasteiger partial charge in [-0.2, -0.15) is 0 Å². The van der Waals surface area contributed by atoms with Gasteiger partial charge in [0.15, 0.2) is 0 Å². The molecule has 0 atom stereocenters. The number of rotatable bonds is 3. The van der Waals surface area contributed by atoms with E-state index in [9.17, 15) is 0 Å². The molecule has 7 aromatic carbocycles. The Bertz CT molecular complexity index is 2090. The smallest absolute Gasteiger partial charge is 0.143 e. The molecule has 0 aliphatic rings. The van der Waals surface area contributed by atoms with Gasteiger partial charge in [0.05, 0.1) is 0 Å². The van der Waals surface area contributed by atoms with E-state index in [0.717, 1.165) is 33.1 Å². The zero-order valence-corrected chi connectivity index (χ0v) is 21.3. The van der Waals surface area contributed by atoms with Crippen LogP contribution in [0.25, 0.3) is 76.9 Å². The van der Waals surface area contributed by atoms with E-state index < -0.39 is 0 Å². The molecular weight excluding hydrogens is 472 g/mol. The zero-order chi connectivity index (χ0) is 25.8. The predicted molar refractivity (Wildman–Crippen MR) is 165 cm³/mol. The number of hydrogen-bond donors (Lipinski definition) is 0. The van der Waals surface area contributed by atoms with E-state index in [2.05, 4.69) is 146 Å². The summed E-state index contributed by atoms with van der Waals surface area (Å²) in [6.45, 7) is 0. The largest absolute Gasteiger partial charge is 0.455 e. The molecule has 0 saturated heterocycles. The summed E-state index contributed by atoms with van der Waals surface area (Å²) in [7, 11) is 0. The molecule has 0 N–H and O–H groups in total. The third-order valence-corrected chi connectivity index (χ3v) is 7.87. The van der Waals surface area contributed by atoms with Crippen LogP contribution in [0.1, 0.15) is 0 Å². The minimum Gasteiger partial charge on any atom is -0.455 e. The van der Waals surface area contributed by atoms with E-state index in [1.54, 1.807) is 0 Å². The van der Waals surface area contributed by atoms with Crippen LogP contribution < -0.4 is 0 Å². The molecule has 1 heteroatoms. The van der Waals surface area contributed by atoms with Crippen LogP contribution in [0.3, 0.4) is 0 Å². The van der Waals surface area contributed by atoms with Gasteiger partial charge >= 0.3 is 0 Å². The summed E-state index contributed by atoms with van der Waals surface area (Å²) in [6.07, 6.45) is 0. The fraction of sp³-hybridized carbons (Fsp3) is 0. The van der Waals surface area contributed by atoms with Gasteiger partial charge in [-0.1, -0.05) is 140 Å². The first-order chi connectivity index (χ1) is 19.4. The van der Waals surface area contributed by atoms with Gasteiger partial charge in [-0.05, 0) is 55.4 Å².